The fourth-order valence-corrected chi connectivity index (χ4v) is 2.49. The molecule has 0 saturated heterocycles. The zero-order valence-electron chi connectivity index (χ0n) is 12.6. The van der Waals surface area contributed by atoms with Crippen molar-refractivity contribution in [1.82, 2.24) is 4.98 Å². The van der Waals surface area contributed by atoms with Crippen molar-refractivity contribution in [2.24, 2.45) is 5.10 Å². The molecule has 2 rings (SSSR count). The van der Waals surface area contributed by atoms with Crippen LogP contribution in [0.25, 0.3) is 0 Å². The minimum Gasteiger partial charge on any atom is -0.476 e. The molecule has 2 N–H and O–H groups in total. The van der Waals surface area contributed by atoms with Crippen molar-refractivity contribution < 1.29 is 19.4 Å². The Bertz CT molecular complexity index is 871. The van der Waals surface area contributed by atoms with Gasteiger partial charge in [0, 0.05) is 5.56 Å². The highest BCUT2D eigenvalue weighted by Gasteiger charge is 2.20. The molecule has 0 spiro atoms. The number of aromatic carboxylic acids is 1. The maximum Gasteiger partial charge on any atom is 0.356 e. The molecule has 25 heavy (non-hydrogen) atoms. The van der Waals surface area contributed by atoms with Gasteiger partial charge in [0.25, 0.3) is 0 Å². The molecule has 1 heterocycles. The molecule has 1 aromatic carbocycles. The van der Waals surface area contributed by atoms with E-state index < -0.39 is 17.6 Å². The van der Waals surface area contributed by atoms with E-state index in [1.54, 1.807) is 24.3 Å². The number of hydrogen-bond acceptors (Lipinski definition) is 6. The Labute approximate surface area is 157 Å². The van der Waals surface area contributed by atoms with Gasteiger partial charge in [-0.05, 0) is 6.07 Å². The first kappa shape index (κ1) is 19.0. The van der Waals surface area contributed by atoms with Gasteiger partial charge < -0.3 is 9.84 Å². The van der Waals surface area contributed by atoms with Gasteiger partial charge in [0.2, 0.25) is 0 Å². The predicted molar refractivity (Wildman–Crippen MR) is 95.2 cm³/mol. The molecule has 0 fully saturated rings. The number of nitrogens with zero attached hydrogens (tertiary/aromatic N) is 2. The number of hydrazone groups is 1. The van der Waals surface area contributed by atoms with E-state index >= 15 is 0 Å². The average molecular weight is 403 g/mol. The number of halogens is 3. The third-order valence-electron chi connectivity index (χ3n) is 2.99. The van der Waals surface area contributed by atoms with E-state index in [-0.39, 0.29) is 20.9 Å². The minimum absolute atomic E-state index is 0.0208. The summed E-state index contributed by atoms with van der Waals surface area (Å²) in [6, 6.07) is 6.59. The number of methoxy groups -OCH3 is 1. The Morgan fingerprint density at radius 2 is 1.92 bits per heavy atom. The predicted octanol–water partition coefficient (Wildman–Crippen LogP) is 3.97. The number of benzene rings is 1. The van der Waals surface area contributed by atoms with Crippen LogP contribution in [-0.2, 0) is 4.74 Å². The summed E-state index contributed by atoms with van der Waals surface area (Å²) >= 11 is 17.7. The molecule has 0 amide bonds. The highest BCUT2D eigenvalue weighted by Crippen LogP contribution is 2.36. The van der Waals surface area contributed by atoms with Crippen LogP contribution in [0.5, 0.6) is 0 Å². The van der Waals surface area contributed by atoms with Gasteiger partial charge in [-0.3, -0.25) is 5.43 Å². The number of esters is 1. The van der Waals surface area contributed by atoms with Gasteiger partial charge in [-0.2, -0.15) is 5.10 Å². The lowest BCUT2D eigenvalue weighted by molar-refractivity contribution is 0.0599. The first-order valence-electron chi connectivity index (χ1n) is 6.61. The van der Waals surface area contributed by atoms with Crippen LogP contribution >= 0.6 is 34.8 Å². The van der Waals surface area contributed by atoms with E-state index in [9.17, 15) is 9.59 Å². The largest absolute Gasteiger partial charge is 0.476 e. The van der Waals surface area contributed by atoms with Crippen molar-refractivity contribution in [3.63, 3.8) is 0 Å². The lowest BCUT2D eigenvalue weighted by Gasteiger charge is -2.09. The molecule has 0 atom stereocenters. The number of pyridine rings is 1. The second-order valence-corrected chi connectivity index (χ2v) is 5.62. The molecule has 7 nitrogen and oxygen atoms in total. The molecule has 0 radical (unpaired) electrons. The monoisotopic (exact) mass is 401 g/mol. The summed E-state index contributed by atoms with van der Waals surface area (Å²) in [5, 5.41) is 12.4. The number of carbonyl (C=O) groups excluding carboxylic acids is 1. The highest BCUT2D eigenvalue weighted by molar-refractivity contribution is 6.46. The van der Waals surface area contributed by atoms with Crippen LogP contribution in [0.15, 0.2) is 29.4 Å². The van der Waals surface area contributed by atoms with Crippen molar-refractivity contribution in [3.05, 3.63) is 56.3 Å². The minimum atomic E-state index is -1.37. The Morgan fingerprint density at radius 3 is 2.56 bits per heavy atom. The molecule has 0 unspecified atom stereocenters. The van der Waals surface area contributed by atoms with E-state index in [0.29, 0.717) is 11.1 Å². The zero-order chi connectivity index (χ0) is 18.6. The normalized spacial score (nSPS) is 10.7. The second-order valence-electron chi connectivity index (χ2n) is 4.51. The van der Waals surface area contributed by atoms with Crippen molar-refractivity contribution in [1.29, 1.82) is 0 Å². The van der Waals surface area contributed by atoms with E-state index in [4.69, 9.17) is 39.9 Å². The molecule has 0 saturated carbocycles. The van der Waals surface area contributed by atoms with Crippen molar-refractivity contribution in [2.45, 2.75) is 0 Å². The van der Waals surface area contributed by atoms with Crippen molar-refractivity contribution in [2.75, 3.05) is 12.5 Å². The number of rotatable bonds is 5. The van der Waals surface area contributed by atoms with Crippen LogP contribution in [0.3, 0.4) is 0 Å². The van der Waals surface area contributed by atoms with Crippen molar-refractivity contribution in [3.8, 4) is 0 Å². The molecule has 0 bridgehead atoms. The number of hydrogen-bond donors (Lipinski definition) is 2. The Hall–Kier alpha value is -2.35. The first-order chi connectivity index (χ1) is 11.9. The van der Waals surface area contributed by atoms with E-state index in [1.165, 1.54) is 13.3 Å². The van der Waals surface area contributed by atoms with Gasteiger partial charge in [-0.1, -0.05) is 53.0 Å². The van der Waals surface area contributed by atoms with Crippen LogP contribution in [0, 0.1) is 0 Å². The molecular formula is C15H10Cl3N3O4. The van der Waals surface area contributed by atoms with Gasteiger partial charge in [0.1, 0.15) is 10.0 Å². The standard InChI is InChI=1S/C15H10Cl3N3O4/c1-25-15(24)8-5-3-2-4-7(8)6-19-21-11-9(16)12(14(22)23)20-13(18)10(11)17/h2-6H,1H3,(H,20,21)(H,22,23)/b19-6-. The lowest BCUT2D eigenvalue weighted by Crippen LogP contribution is -2.07. The van der Waals surface area contributed by atoms with E-state index in [0.717, 1.165) is 0 Å². The average Bonchev–Trinajstić information content (AvgIpc) is 2.60. The molecule has 0 aliphatic rings. The summed E-state index contributed by atoms with van der Waals surface area (Å²) in [5.74, 6) is -1.90. The van der Waals surface area contributed by atoms with Gasteiger partial charge in [-0.25, -0.2) is 14.6 Å². The Morgan fingerprint density at radius 1 is 1.24 bits per heavy atom. The number of carboxylic acid groups (broad SMARTS) is 1. The molecule has 10 heteroatoms. The van der Waals surface area contributed by atoms with Crippen LogP contribution < -0.4 is 5.43 Å². The van der Waals surface area contributed by atoms with Gasteiger partial charge in [-0.15, -0.1) is 0 Å². The number of carbonyl (C=O) groups is 2. The van der Waals surface area contributed by atoms with Crippen LogP contribution in [0.2, 0.25) is 15.2 Å². The Kier molecular flexibility index (Phi) is 6.19. The fourth-order valence-electron chi connectivity index (χ4n) is 1.83. The van der Waals surface area contributed by atoms with Gasteiger partial charge in [0.05, 0.1) is 24.6 Å². The molecular weight excluding hydrogens is 393 g/mol. The molecule has 130 valence electrons. The van der Waals surface area contributed by atoms with Crippen LogP contribution in [0.4, 0.5) is 5.69 Å². The first-order valence-corrected chi connectivity index (χ1v) is 7.74. The maximum absolute atomic E-state index is 11.7. The molecule has 2 aromatic rings. The zero-order valence-corrected chi connectivity index (χ0v) is 14.9. The second kappa shape index (κ2) is 8.15. The molecule has 0 aliphatic carbocycles. The summed E-state index contributed by atoms with van der Waals surface area (Å²) in [6.45, 7) is 0. The third-order valence-corrected chi connectivity index (χ3v) is 4.09. The molecule has 1 aromatic heterocycles. The highest BCUT2D eigenvalue weighted by atomic mass is 35.5. The molecule has 0 aliphatic heterocycles. The quantitative estimate of drug-likeness (QED) is 0.340. The number of aromatic nitrogens is 1. The number of nitrogens with one attached hydrogen (secondary N) is 1. The summed E-state index contributed by atoms with van der Waals surface area (Å²) in [4.78, 5) is 26.4. The lowest BCUT2D eigenvalue weighted by atomic mass is 10.1. The third kappa shape index (κ3) is 4.19. The summed E-state index contributed by atoms with van der Waals surface area (Å²) in [6.07, 6.45) is 1.33. The Balaban J connectivity index is 2.36. The van der Waals surface area contributed by atoms with E-state index in [1.807, 2.05) is 0 Å². The van der Waals surface area contributed by atoms with E-state index in [2.05, 4.69) is 20.2 Å². The number of anilines is 1. The topological polar surface area (TPSA) is 101 Å². The van der Waals surface area contributed by atoms with Gasteiger partial charge in [0.15, 0.2) is 10.8 Å². The SMILES string of the molecule is COC(=O)c1ccccc1/C=N\Nc1c(Cl)c(Cl)nc(C(=O)O)c1Cl. The smallest absolute Gasteiger partial charge is 0.356 e. The number of ether oxygens (including phenoxy) is 1. The van der Waals surface area contributed by atoms with Crippen LogP contribution in [0.1, 0.15) is 26.4 Å². The van der Waals surface area contributed by atoms with Gasteiger partial charge >= 0.3 is 11.9 Å². The van der Waals surface area contributed by atoms with Crippen molar-refractivity contribution >= 4 is 58.6 Å². The van der Waals surface area contributed by atoms with Crippen LogP contribution in [-0.4, -0.2) is 35.4 Å². The fraction of sp³-hybridized carbons (Fsp3) is 0.0667. The summed E-state index contributed by atoms with van der Waals surface area (Å²) in [7, 11) is 1.26. The maximum atomic E-state index is 11.7. The summed E-state index contributed by atoms with van der Waals surface area (Å²) in [5.41, 5.74) is 2.79. The summed E-state index contributed by atoms with van der Waals surface area (Å²) < 4.78 is 4.68. The number of carboxylic acids is 1.